The smallest absolute Gasteiger partial charge is 0.258 e. The van der Waals surface area contributed by atoms with Crippen molar-refractivity contribution >= 4 is 17.5 Å². The molecular formula is C17H17ClFNO3. The van der Waals surface area contributed by atoms with Gasteiger partial charge in [0.25, 0.3) is 5.91 Å². The molecule has 0 aromatic heterocycles. The van der Waals surface area contributed by atoms with Crippen molar-refractivity contribution in [3.05, 3.63) is 58.9 Å². The number of aryl methyl sites for hydroxylation is 1. The molecule has 0 saturated heterocycles. The Morgan fingerprint density at radius 2 is 1.83 bits per heavy atom. The molecule has 0 aliphatic heterocycles. The van der Waals surface area contributed by atoms with E-state index in [9.17, 15) is 9.18 Å². The number of carbonyl (C=O) groups is 1. The fourth-order valence-electron chi connectivity index (χ4n) is 1.80. The van der Waals surface area contributed by atoms with Crippen molar-refractivity contribution in [1.82, 2.24) is 5.32 Å². The number of halogens is 2. The third kappa shape index (κ3) is 5.79. The first-order chi connectivity index (χ1) is 11.0. The van der Waals surface area contributed by atoms with E-state index in [1.54, 1.807) is 18.2 Å². The summed E-state index contributed by atoms with van der Waals surface area (Å²) in [6, 6.07) is 10.9. The molecule has 1 amide bonds. The molecule has 0 radical (unpaired) electrons. The Hall–Kier alpha value is -2.27. The first-order valence-electron chi connectivity index (χ1n) is 7.08. The van der Waals surface area contributed by atoms with Gasteiger partial charge in [-0.1, -0.05) is 11.6 Å². The topological polar surface area (TPSA) is 47.6 Å². The molecule has 0 atom stereocenters. The summed E-state index contributed by atoms with van der Waals surface area (Å²) >= 11 is 5.92. The number of carbonyl (C=O) groups excluding carboxylic acids is 1. The highest BCUT2D eigenvalue weighted by Gasteiger charge is 2.04. The predicted molar refractivity (Wildman–Crippen MR) is 86.6 cm³/mol. The van der Waals surface area contributed by atoms with Crippen LogP contribution in [-0.2, 0) is 4.79 Å². The first-order valence-corrected chi connectivity index (χ1v) is 7.46. The molecule has 0 heterocycles. The van der Waals surface area contributed by atoms with E-state index in [1.165, 1.54) is 24.3 Å². The highest BCUT2D eigenvalue weighted by Crippen LogP contribution is 2.20. The van der Waals surface area contributed by atoms with Gasteiger partial charge in [0.15, 0.2) is 6.61 Å². The lowest BCUT2D eigenvalue weighted by Gasteiger charge is -2.09. The van der Waals surface area contributed by atoms with Crippen LogP contribution < -0.4 is 14.8 Å². The molecule has 4 nitrogen and oxygen atoms in total. The molecule has 0 fully saturated rings. The minimum absolute atomic E-state index is 0.0857. The van der Waals surface area contributed by atoms with E-state index in [2.05, 4.69) is 5.32 Å². The second kappa shape index (κ2) is 8.39. The molecule has 0 saturated carbocycles. The number of hydrogen-bond donors (Lipinski definition) is 1. The zero-order valence-corrected chi connectivity index (χ0v) is 13.4. The largest absolute Gasteiger partial charge is 0.492 e. The van der Waals surface area contributed by atoms with Crippen molar-refractivity contribution in [2.45, 2.75) is 6.92 Å². The van der Waals surface area contributed by atoms with Gasteiger partial charge < -0.3 is 14.8 Å². The van der Waals surface area contributed by atoms with Crippen LogP contribution in [-0.4, -0.2) is 25.7 Å². The number of amides is 1. The lowest BCUT2D eigenvalue weighted by Crippen LogP contribution is -2.32. The zero-order chi connectivity index (χ0) is 16.7. The molecule has 6 heteroatoms. The van der Waals surface area contributed by atoms with Crippen molar-refractivity contribution in [2.75, 3.05) is 19.8 Å². The predicted octanol–water partition coefficient (Wildman–Crippen LogP) is 3.36. The van der Waals surface area contributed by atoms with E-state index < -0.39 is 0 Å². The van der Waals surface area contributed by atoms with Crippen molar-refractivity contribution < 1.29 is 18.7 Å². The van der Waals surface area contributed by atoms with Gasteiger partial charge in [0.2, 0.25) is 0 Å². The maximum Gasteiger partial charge on any atom is 0.258 e. The summed E-state index contributed by atoms with van der Waals surface area (Å²) in [5.41, 5.74) is 0.886. The number of hydrogen-bond acceptors (Lipinski definition) is 3. The van der Waals surface area contributed by atoms with E-state index in [0.29, 0.717) is 23.1 Å². The summed E-state index contributed by atoms with van der Waals surface area (Å²) in [5, 5.41) is 3.32. The molecule has 2 rings (SSSR count). The van der Waals surface area contributed by atoms with E-state index in [0.717, 1.165) is 5.56 Å². The summed E-state index contributed by atoms with van der Waals surface area (Å²) in [4.78, 5) is 11.7. The summed E-state index contributed by atoms with van der Waals surface area (Å²) in [6.07, 6.45) is 0. The van der Waals surface area contributed by atoms with Gasteiger partial charge in [-0.3, -0.25) is 4.79 Å². The molecule has 23 heavy (non-hydrogen) atoms. The average Bonchev–Trinajstić information content (AvgIpc) is 2.54. The van der Waals surface area contributed by atoms with Crippen LogP contribution in [0.4, 0.5) is 4.39 Å². The minimum atomic E-state index is -0.319. The Kier molecular flexibility index (Phi) is 6.23. The molecule has 2 aromatic rings. The van der Waals surface area contributed by atoms with Crippen molar-refractivity contribution in [3.63, 3.8) is 0 Å². The molecule has 0 aliphatic rings. The molecule has 0 aliphatic carbocycles. The fraction of sp³-hybridized carbons (Fsp3) is 0.235. The maximum atomic E-state index is 12.7. The Bertz CT molecular complexity index is 661. The molecule has 2 aromatic carbocycles. The van der Waals surface area contributed by atoms with Crippen LogP contribution in [0.3, 0.4) is 0 Å². The highest BCUT2D eigenvalue weighted by atomic mass is 35.5. The third-order valence-electron chi connectivity index (χ3n) is 3.01. The van der Waals surface area contributed by atoms with Crippen LogP contribution >= 0.6 is 11.6 Å². The van der Waals surface area contributed by atoms with Crippen LogP contribution in [0, 0.1) is 12.7 Å². The Morgan fingerprint density at radius 1 is 1.13 bits per heavy atom. The van der Waals surface area contributed by atoms with Gasteiger partial charge >= 0.3 is 0 Å². The lowest BCUT2D eigenvalue weighted by atomic mass is 10.2. The maximum absolute atomic E-state index is 12.7. The SMILES string of the molecule is Cc1cc(OCC(=O)NCCOc2ccc(F)cc2)ccc1Cl. The average molecular weight is 338 g/mol. The standard InChI is InChI=1S/C17H17ClFNO3/c1-12-10-15(6-7-16(12)18)23-11-17(21)20-8-9-22-14-4-2-13(19)3-5-14/h2-7,10H,8-9,11H2,1H3,(H,20,21). The van der Waals surface area contributed by atoms with Crippen LogP contribution in [0.25, 0.3) is 0 Å². The number of nitrogens with one attached hydrogen (secondary N) is 1. The van der Waals surface area contributed by atoms with Gasteiger partial charge in [0.05, 0.1) is 6.54 Å². The quantitative estimate of drug-likeness (QED) is 0.788. The first kappa shape index (κ1) is 17.1. The number of benzene rings is 2. The monoisotopic (exact) mass is 337 g/mol. The second-order valence-corrected chi connectivity index (χ2v) is 5.26. The summed E-state index contributed by atoms with van der Waals surface area (Å²) < 4.78 is 23.5. The highest BCUT2D eigenvalue weighted by molar-refractivity contribution is 6.31. The summed E-state index contributed by atoms with van der Waals surface area (Å²) in [7, 11) is 0. The van der Waals surface area contributed by atoms with Crippen LogP contribution in [0.5, 0.6) is 11.5 Å². The van der Waals surface area contributed by atoms with E-state index in [4.69, 9.17) is 21.1 Å². The van der Waals surface area contributed by atoms with Crippen molar-refractivity contribution in [2.24, 2.45) is 0 Å². The molecular weight excluding hydrogens is 321 g/mol. The molecule has 0 unspecified atom stereocenters. The summed E-state index contributed by atoms with van der Waals surface area (Å²) in [5.74, 6) is 0.568. The number of rotatable bonds is 7. The fourth-order valence-corrected chi connectivity index (χ4v) is 1.91. The van der Waals surface area contributed by atoms with Gasteiger partial charge in [-0.2, -0.15) is 0 Å². The lowest BCUT2D eigenvalue weighted by molar-refractivity contribution is -0.123. The van der Waals surface area contributed by atoms with Crippen LogP contribution in [0.1, 0.15) is 5.56 Å². The van der Waals surface area contributed by atoms with Crippen molar-refractivity contribution in [1.29, 1.82) is 0 Å². The Labute approximate surface area is 139 Å². The van der Waals surface area contributed by atoms with Gasteiger partial charge in [0, 0.05) is 5.02 Å². The van der Waals surface area contributed by atoms with E-state index >= 15 is 0 Å². The van der Waals surface area contributed by atoms with Crippen LogP contribution in [0.15, 0.2) is 42.5 Å². The molecule has 0 spiro atoms. The minimum Gasteiger partial charge on any atom is -0.492 e. The van der Waals surface area contributed by atoms with Crippen molar-refractivity contribution in [3.8, 4) is 11.5 Å². The van der Waals surface area contributed by atoms with Gasteiger partial charge in [-0.25, -0.2) is 4.39 Å². The van der Waals surface area contributed by atoms with Gasteiger partial charge in [0.1, 0.15) is 23.9 Å². The Balaban J connectivity index is 1.65. The molecule has 1 N–H and O–H groups in total. The van der Waals surface area contributed by atoms with Crippen LogP contribution in [0.2, 0.25) is 5.02 Å². The third-order valence-corrected chi connectivity index (χ3v) is 3.43. The van der Waals surface area contributed by atoms with E-state index in [-0.39, 0.29) is 24.9 Å². The van der Waals surface area contributed by atoms with Gasteiger partial charge in [-0.05, 0) is 55.0 Å². The molecule has 122 valence electrons. The normalized spacial score (nSPS) is 10.2. The van der Waals surface area contributed by atoms with Gasteiger partial charge in [-0.15, -0.1) is 0 Å². The second-order valence-electron chi connectivity index (χ2n) is 4.85. The Morgan fingerprint density at radius 3 is 2.52 bits per heavy atom. The number of ether oxygens (including phenoxy) is 2. The summed E-state index contributed by atoms with van der Waals surface area (Å²) in [6.45, 7) is 2.40. The molecule has 0 bridgehead atoms. The zero-order valence-electron chi connectivity index (χ0n) is 12.6. The van der Waals surface area contributed by atoms with E-state index in [1.807, 2.05) is 6.92 Å².